The Balaban J connectivity index is 1.61. The van der Waals surface area contributed by atoms with Gasteiger partial charge in [-0.15, -0.1) is 24.9 Å². The quantitative estimate of drug-likeness (QED) is 0.265. The summed E-state index contributed by atoms with van der Waals surface area (Å²) in [4.78, 5) is 49.4. The van der Waals surface area contributed by atoms with E-state index in [1.807, 2.05) is 45.0 Å². The summed E-state index contributed by atoms with van der Waals surface area (Å²) in [6.45, 7) is 16.4. The first-order valence-corrected chi connectivity index (χ1v) is 17.1. The number of likely N-dealkylation sites (tertiary alicyclic amines) is 1. The van der Waals surface area contributed by atoms with Gasteiger partial charge in [-0.1, -0.05) is 37.6 Å². The maximum absolute atomic E-state index is 14.9. The van der Waals surface area contributed by atoms with E-state index in [0.717, 1.165) is 0 Å². The molecule has 8 nitrogen and oxygen atoms in total. The summed E-state index contributed by atoms with van der Waals surface area (Å²) in [6, 6.07) is 12.9. The Kier molecular flexibility index (Phi) is 9.97. The Morgan fingerprint density at radius 3 is 2.13 bits per heavy atom. The monoisotopic (exact) mass is 665 g/mol. The van der Waals surface area contributed by atoms with E-state index < -0.39 is 33.4 Å². The topological polar surface area (TPSA) is 90.4 Å². The molecule has 2 aromatic rings. The molecular weight excluding hydrogens is 622 g/mol. The number of benzene rings is 2. The molecule has 246 valence electrons. The van der Waals surface area contributed by atoms with Gasteiger partial charge in [0, 0.05) is 34.2 Å². The molecule has 3 heterocycles. The standard InChI is InChI=1S/C36H44ClN3O5S/c1-7-20-38(26-14-16-27(17-15-26)45-9-3)32(42)29-30-33(43)40(28(22-41)23(4)5)31(36(30)19-18-35(29,6)46-36)34(44)39(21-8-2)25-12-10-24(37)11-13-25/h7-8,10-17,23,28-31,41H,1-2,9,18-22H2,3-6H3/t28-,29-,30-,31?,35+,36?/m0/s1. The maximum atomic E-state index is 14.9. The van der Waals surface area contributed by atoms with E-state index in [4.69, 9.17) is 16.3 Å². The first-order valence-electron chi connectivity index (χ1n) is 15.9. The van der Waals surface area contributed by atoms with E-state index in [1.54, 1.807) is 62.9 Å². The maximum Gasteiger partial charge on any atom is 0.251 e. The second-order valence-corrected chi connectivity index (χ2v) is 15.2. The number of thioether (sulfide) groups is 1. The average molecular weight is 666 g/mol. The summed E-state index contributed by atoms with van der Waals surface area (Å²) >= 11 is 7.79. The van der Waals surface area contributed by atoms with Crippen molar-refractivity contribution in [3.05, 3.63) is 78.9 Å². The third kappa shape index (κ3) is 5.64. The highest BCUT2D eigenvalue weighted by atomic mass is 35.5. The lowest BCUT2D eigenvalue weighted by atomic mass is 9.66. The van der Waals surface area contributed by atoms with Crippen molar-refractivity contribution in [2.75, 3.05) is 36.1 Å². The number of carbonyl (C=O) groups is 3. The number of carbonyl (C=O) groups excluding carboxylic acids is 3. The molecule has 3 amide bonds. The zero-order valence-corrected chi connectivity index (χ0v) is 28.6. The number of anilines is 2. The average Bonchev–Trinajstić information content (AvgIpc) is 3.60. The molecule has 46 heavy (non-hydrogen) atoms. The SMILES string of the molecule is C=CCN(C(=O)C1N([C@@H](CO)C(C)C)C(=O)[C@@H]2[C@@H](C(=O)N(CC=C)c3ccc(OCC)cc3)[C@@]3(C)CCC12S3)c1ccc(Cl)cc1. The van der Waals surface area contributed by atoms with Crippen LogP contribution in [0.1, 0.15) is 40.5 Å². The van der Waals surface area contributed by atoms with Gasteiger partial charge in [0.1, 0.15) is 11.8 Å². The fourth-order valence-corrected chi connectivity index (χ4v) is 10.2. The normalized spacial score (nSPS) is 27.0. The Bertz CT molecular complexity index is 1480. The molecule has 2 aromatic carbocycles. The number of aliphatic hydroxyl groups excluding tert-OH is 1. The number of halogens is 1. The van der Waals surface area contributed by atoms with Gasteiger partial charge in [-0.25, -0.2) is 0 Å². The molecule has 2 bridgehead atoms. The van der Waals surface area contributed by atoms with Crippen molar-refractivity contribution < 1.29 is 24.2 Å². The molecule has 3 aliphatic heterocycles. The molecule has 1 spiro atoms. The molecule has 3 aliphatic rings. The molecule has 10 heteroatoms. The van der Waals surface area contributed by atoms with Crippen LogP contribution >= 0.6 is 23.4 Å². The number of ether oxygens (including phenoxy) is 1. The molecule has 3 saturated heterocycles. The van der Waals surface area contributed by atoms with Crippen LogP contribution in [0.25, 0.3) is 0 Å². The second-order valence-electron chi connectivity index (χ2n) is 12.8. The predicted octanol–water partition coefficient (Wildman–Crippen LogP) is 5.98. The molecule has 2 unspecified atom stereocenters. The van der Waals surface area contributed by atoms with Crippen LogP contribution < -0.4 is 14.5 Å². The molecular formula is C36H44ClN3O5S. The van der Waals surface area contributed by atoms with Gasteiger partial charge in [-0.2, -0.15) is 0 Å². The van der Waals surface area contributed by atoms with E-state index in [1.165, 1.54) is 0 Å². The lowest BCUT2D eigenvalue weighted by molar-refractivity contribution is -0.143. The van der Waals surface area contributed by atoms with E-state index >= 15 is 0 Å². The third-order valence-corrected chi connectivity index (χ3v) is 12.0. The van der Waals surface area contributed by atoms with Crippen LogP contribution in [0.5, 0.6) is 5.75 Å². The van der Waals surface area contributed by atoms with Crippen molar-refractivity contribution in [1.82, 2.24) is 4.90 Å². The van der Waals surface area contributed by atoms with Crippen molar-refractivity contribution in [2.45, 2.75) is 62.1 Å². The number of fused-ring (bicyclic) bond motifs is 1. The second kappa shape index (κ2) is 13.5. The molecule has 5 rings (SSSR count). The number of nitrogens with zero attached hydrogens (tertiary/aromatic N) is 3. The van der Waals surface area contributed by atoms with Gasteiger partial charge in [0.25, 0.3) is 5.91 Å². The van der Waals surface area contributed by atoms with Crippen LogP contribution in [0.4, 0.5) is 11.4 Å². The lowest BCUT2D eigenvalue weighted by Crippen LogP contribution is -2.58. The first kappa shape index (κ1) is 34.1. The van der Waals surface area contributed by atoms with E-state index in [9.17, 15) is 19.5 Å². The van der Waals surface area contributed by atoms with Crippen molar-refractivity contribution >= 4 is 52.5 Å². The zero-order valence-electron chi connectivity index (χ0n) is 27.0. The Morgan fingerprint density at radius 1 is 1.04 bits per heavy atom. The van der Waals surface area contributed by atoms with Gasteiger partial charge < -0.3 is 24.5 Å². The Labute approximate surface area is 281 Å². The van der Waals surface area contributed by atoms with E-state index in [2.05, 4.69) is 20.1 Å². The summed E-state index contributed by atoms with van der Waals surface area (Å²) in [5, 5.41) is 11.2. The van der Waals surface area contributed by atoms with Crippen molar-refractivity contribution in [3.8, 4) is 5.75 Å². The van der Waals surface area contributed by atoms with Crippen LogP contribution in [0.15, 0.2) is 73.8 Å². The van der Waals surface area contributed by atoms with Crippen LogP contribution in [0.2, 0.25) is 5.02 Å². The number of hydrogen-bond acceptors (Lipinski definition) is 6. The Morgan fingerprint density at radius 2 is 1.61 bits per heavy atom. The molecule has 0 saturated carbocycles. The largest absolute Gasteiger partial charge is 0.494 e. The van der Waals surface area contributed by atoms with Crippen LogP contribution in [-0.2, 0) is 14.4 Å². The smallest absolute Gasteiger partial charge is 0.251 e. The molecule has 0 radical (unpaired) electrons. The van der Waals surface area contributed by atoms with E-state index in [-0.39, 0.29) is 43.3 Å². The molecule has 0 aliphatic carbocycles. The molecule has 0 aromatic heterocycles. The summed E-state index contributed by atoms with van der Waals surface area (Å²) in [5.41, 5.74) is 1.32. The van der Waals surface area contributed by atoms with Gasteiger partial charge in [0.05, 0.1) is 35.8 Å². The summed E-state index contributed by atoms with van der Waals surface area (Å²) in [5.74, 6) is -1.52. The minimum Gasteiger partial charge on any atom is -0.494 e. The van der Waals surface area contributed by atoms with Gasteiger partial charge in [0.15, 0.2) is 0 Å². The van der Waals surface area contributed by atoms with Crippen molar-refractivity contribution in [2.24, 2.45) is 17.8 Å². The van der Waals surface area contributed by atoms with Gasteiger partial charge in [0.2, 0.25) is 11.8 Å². The van der Waals surface area contributed by atoms with Gasteiger partial charge in [-0.3, -0.25) is 14.4 Å². The number of hydrogen-bond donors (Lipinski definition) is 1. The molecule has 6 atom stereocenters. The number of rotatable bonds is 13. The predicted molar refractivity (Wildman–Crippen MR) is 185 cm³/mol. The highest BCUT2D eigenvalue weighted by Crippen LogP contribution is 2.72. The van der Waals surface area contributed by atoms with Crippen LogP contribution in [-0.4, -0.2) is 75.6 Å². The number of aliphatic hydroxyl groups is 1. The van der Waals surface area contributed by atoms with Gasteiger partial charge in [-0.05, 0) is 81.1 Å². The van der Waals surface area contributed by atoms with Gasteiger partial charge >= 0.3 is 0 Å². The minimum atomic E-state index is -0.886. The molecule has 3 fully saturated rings. The number of amides is 3. The summed E-state index contributed by atoms with van der Waals surface area (Å²) < 4.78 is 4.20. The lowest BCUT2D eigenvalue weighted by Gasteiger charge is -2.40. The van der Waals surface area contributed by atoms with Crippen LogP contribution in [0, 0.1) is 17.8 Å². The first-order chi connectivity index (χ1) is 22.0. The van der Waals surface area contributed by atoms with Crippen molar-refractivity contribution in [1.29, 1.82) is 0 Å². The highest BCUT2D eigenvalue weighted by molar-refractivity contribution is 8.02. The summed E-state index contributed by atoms with van der Waals surface area (Å²) in [6.07, 6.45) is 4.62. The Hall–Kier alpha value is -3.27. The summed E-state index contributed by atoms with van der Waals surface area (Å²) in [7, 11) is 0. The van der Waals surface area contributed by atoms with E-state index in [0.29, 0.717) is 41.6 Å². The highest BCUT2D eigenvalue weighted by Gasteiger charge is 2.78. The van der Waals surface area contributed by atoms with Crippen LogP contribution in [0.3, 0.4) is 0 Å². The van der Waals surface area contributed by atoms with Crippen molar-refractivity contribution in [3.63, 3.8) is 0 Å². The fraction of sp³-hybridized carbons (Fsp3) is 0.472. The minimum absolute atomic E-state index is 0.129. The third-order valence-electron chi connectivity index (χ3n) is 9.78. The fourth-order valence-electron chi connectivity index (χ4n) is 7.73. The zero-order chi connectivity index (χ0) is 33.4. The molecule has 1 N–H and O–H groups in total.